The van der Waals surface area contributed by atoms with Crippen molar-refractivity contribution in [1.29, 1.82) is 0 Å². The summed E-state index contributed by atoms with van der Waals surface area (Å²) in [6.45, 7) is 1.16. The summed E-state index contributed by atoms with van der Waals surface area (Å²) < 4.78 is 5.93. The van der Waals surface area contributed by atoms with Gasteiger partial charge in [-0.2, -0.15) is 0 Å². The first-order valence-electron chi connectivity index (χ1n) is 6.63. The quantitative estimate of drug-likeness (QED) is 0.872. The highest BCUT2D eigenvalue weighted by Gasteiger charge is 2.24. The molecule has 1 unspecified atom stereocenters. The zero-order valence-corrected chi connectivity index (χ0v) is 13.2. The van der Waals surface area contributed by atoms with Gasteiger partial charge >= 0.3 is 12.0 Å². The Morgan fingerprint density at radius 1 is 1.48 bits per heavy atom. The van der Waals surface area contributed by atoms with E-state index in [1.807, 2.05) is 0 Å². The van der Waals surface area contributed by atoms with Crippen LogP contribution in [0.25, 0.3) is 0 Å². The Morgan fingerprint density at radius 2 is 2.24 bits per heavy atom. The van der Waals surface area contributed by atoms with Crippen LogP contribution in [0.2, 0.25) is 0 Å². The number of ether oxygens (including phenoxy) is 1. The largest absolute Gasteiger partial charge is 0.478 e. The molecule has 1 aromatic rings. The number of anilines is 1. The highest BCUT2D eigenvalue weighted by molar-refractivity contribution is 9.10. The van der Waals surface area contributed by atoms with Crippen LogP contribution in [0, 0.1) is 0 Å². The number of benzene rings is 1. The van der Waals surface area contributed by atoms with Gasteiger partial charge in [0.15, 0.2) is 0 Å². The predicted octanol–water partition coefficient (Wildman–Crippen LogP) is 2.79. The van der Waals surface area contributed by atoms with Gasteiger partial charge in [0.2, 0.25) is 0 Å². The van der Waals surface area contributed by atoms with Gasteiger partial charge in [0.25, 0.3) is 0 Å². The summed E-state index contributed by atoms with van der Waals surface area (Å²) in [7, 11) is 1.63. The Morgan fingerprint density at radius 3 is 2.90 bits per heavy atom. The van der Waals surface area contributed by atoms with Gasteiger partial charge in [-0.25, -0.2) is 9.59 Å². The van der Waals surface area contributed by atoms with Gasteiger partial charge < -0.3 is 20.1 Å². The van der Waals surface area contributed by atoms with Gasteiger partial charge in [-0.05, 0) is 31.0 Å². The molecule has 0 spiro atoms. The number of amides is 2. The molecule has 1 aliphatic rings. The zero-order valence-electron chi connectivity index (χ0n) is 11.6. The molecule has 0 saturated carbocycles. The number of nitrogens with one attached hydrogen (secondary N) is 1. The molecule has 2 amide bonds. The molecule has 1 heterocycles. The Bertz CT molecular complexity index is 550. The predicted molar refractivity (Wildman–Crippen MR) is 81.7 cm³/mol. The van der Waals surface area contributed by atoms with Crippen molar-refractivity contribution in [3.05, 3.63) is 28.2 Å². The van der Waals surface area contributed by atoms with Gasteiger partial charge in [-0.3, -0.25) is 0 Å². The Kier molecular flexibility index (Phi) is 5.19. The molecule has 7 heteroatoms. The number of hydrogen-bond acceptors (Lipinski definition) is 3. The van der Waals surface area contributed by atoms with Gasteiger partial charge in [0.05, 0.1) is 17.4 Å². The lowest BCUT2D eigenvalue weighted by Crippen LogP contribution is -2.45. The molecule has 6 nitrogen and oxygen atoms in total. The van der Waals surface area contributed by atoms with Crippen molar-refractivity contribution >= 4 is 33.6 Å². The number of methoxy groups -OCH3 is 1. The summed E-state index contributed by atoms with van der Waals surface area (Å²) in [5, 5.41) is 11.9. The Balaban J connectivity index is 2.11. The Labute approximate surface area is 131 Å². The Hall–Kier alpha value is -1.60. The van der Waals surface area contributed by atoms with Gasteiger partial charge in [0, 0.05) is 24.7 Å². The second-order valence-corrected chi connectivity index (χ2v) is 5.79. The molecule has 0 aliphatic carbocycles. The maximum Gasteiger partial charge on any atom is 0.337 e. The number of carbonyl (C=O) groups is 2. The van der Waals surface area contributed by atoms with Crippen LogP contribution in [0.3, 0.4) is 0 Å². The third-order valence-corrected chi connectivity index (χ3v) is 3.95. The number of carboxylic acids is 1. The monoisotopic (exact) mass is 356 g/mol. The van der Waals surface area contributed by atoms with Crippen molar-refractivity contribution in [1.82, 2.24) is 4.90 Å². The lowest BCUT2D eigenvalue weighted by molar-refractivity contribution is 0.0458. The lowest BCUT2D eigenvalue weighted by Gasteiger charge is -2.32. The first-order chi connectivity index (χ1) is 10.0. The average Bonchev–Trinajstić information content (AvgIpc) is 2.48. The van der Waals surface area contributed by atoms with Gasteiger partial charge in [0.1, 0.15) is 0 Å². The van der Waals surface area contributed by atoms with Crippen LogP contribution in [-0.4, -0.2) is 48.3 Å². The molecule has 0 radical (unpaired) electrons. The number of piperidine rings is 1. The molecular weight excluding hydrogens is 340 g/mol. The minimum absolute atomic E-state index is 0.0355. The summed E-state index contributed by atoms with van der Waals surface area (Å²) in [5.41, 5.74) is 0.341. The molecule has 114 valence electrons. The number of likely N-dealkylation sites (tertiary alicyclic amines) is 1. The van der Waals surface area contributed by atoms with E-state index in [0.29, 0.717) is 17.6 Å². The number of carbonyl (C=O) groups excluding carboxylic acids is 1. The third-order valence-electron chi connectivity index (χ3n) is 3.45. The number of rotatable bonds is 3. The average molecular weight is 357 g/mol. The van der Waals surface area contributed by atoms with E-state index in [-0.39, 0.29) is 23.4 Å². The fraction of sp³-hybridized carbons (Fsp3) is 0.429. The lowest BCUT2D eigenvalue weighted by atomic mass is 10.1. The smallest absolute Gasteiger partial charge is 0.337 e. The van der Waals surface area contributed by atoms with E-state index in [1.54, 1.807) is 24.1 Å². The normalized spacial score (nSPS) is 18.4. The van der Waals surface area contributed by atoms with Crippen molar-refractivity contribution in [2.24, 2.45) is 0 Å². The van der Waals surface area contributed by atoms with Crippen LogP contribution in [0.15, 0.2) is 22.7 Å². The van der Waals surface area contributed by atoms with E-state index in [9.17, 15) is 14.7 Å². The molecule has 2 N–H and O–H groups in total. The molecule has 1 saturated heterocycles. The number of nitrogens with zero attached hydrogens (tertiary/aromatic N) is 1. The van der Waals surface area contributed by atoms with E-state index in [2.05, 4.69) is 21.2 Å². The van der Waals surface area contributed by atoms with Crippen molar-refractivity contribution in [3.63, 3.8) is 0 Å². The van der Waals surface area contributed by atoms with Crippen molar-refractivity contribution < 1.29 is 19.4 Å². The molecule has 1 aromatic carbocycles. The molecule has 1 atom stereocenters. The van der Waals surface area contributed by atoms with E-state index in [0.717, 1.165) is 12.8 Å². The summed E-state index contributed by atoms with van der Waals surface area (Å²) in [4.78, 5) is 25.1. The second-order valence-electron chi connectivity index (χ2n) is 4.87. The maximum atomic E-state index is 12.2. The van der Waals surface area contributed by atoms with E-state index in [4.69, 9.17) is 4.74 Å². The first-order valence-corrected chi connectivity index (χ1v) is 7.42. The number of hydrogen-bond donors (Lipinski definition) is 2. The number of aromatic carboxylic acids is 1. The van der Waals surface area contributed by atoms with Crippen LogP contribution < -0.4 is 5.32 Å². The molecular formula is C14H17BrN2O4. The highest BCUT2D eigenvalue weighted by atomic mass is 79.9. The second kappa shape index (κ2) is 6.91. The molecule has 0 bridgehead atoms. The maximum absolute atomic E-state index is 12.2. The minimum atomic E-state index is -1.08. The van der Waals surface area contributed by atoms with Crippen molar-refractivity contribution in [2.45, 2.75) is 18.9 Å². The summed E-state index contributed by atoms with van der Waals surface area (Å²) in [5.74, 6) is -1.08. The number of carboxylic acid groups (broad SMARTS) is 1. The number of urea groups is 1. The van der Waals surface area contributed by atoms with Crippen LogP contribution in [0.5, 0.6) is 0 Å². The third kappa shape index (κ3) is 3.95. The molecule has 1 aliphatic heterocycles. The first kappa shape index (κ1) is 15.8. The standard InChI is InChI=1S/C14H17BrN2O4/c1-21-10-3-2-6-17(8-10)14(20)16-12-5-4-9(15)7-11(12)13(18)19/h4-5,7,10H,2-3,6,8H2,1H3,(H,16,20)(H,18,19). The van der Waals surface area contributed by atoms with Crippen molar-refractivity contribution in [3.8, 4) is 0 Å². The van der Waals surface area contributed by atoms with Gasteiger partial charge in [-0.15, -0.1) is 0 Å². The van der Waals surface area contributed by atoms with E-state index >= 15 is 0 Å². The SMILES string of the molecule is COC1CCCN(C(=O)Nc2ccc(Br)cc2C(=O)O)C1. The molecule has 1 fully saturated rings. The summed E-state index contributed by atoms with van der Waals surface area (Å²) in [6, 6.07) is 4.42. The summed E-state index contributed by atoms with van der Waals surface area (Å²) in [6.07, 6.45) is 1.84. The summed E-state index contributed by atoms with van der Waals surface area (Å²) >= 11 is 3.22. The topological polar surface area (TPSA) is 78.9 Å². The minimum Gasteiger partial charge on any atom is -0.478 e. The van der Waals surface area contributed by atoms with Gasteiger partial charge in [-0.1, -0.05) is 15.9 Å². The fourth-order valence-electron chi connectivity index (χ4n) is 2.31. The van der Waals surface area contributed by atoms with E-state index in [1.165, 1.54) is 6.07 Å². The van der Waals surface area contributed by atoms with Crippen LogP contribution in [0.4, 0.5) is 10.5 Å². The van der Waals surface area contributed by atoms with E-state index < -0.39 is 5.97 Å². The highest BCUT2D eigenvalue weighted by Crippen LogP contribution is 2.22. The molecule has 21 heavy (non-hydrogen) atoms. The zero-order chi connectivity index (χ0) is 15.4. The van der Waals surface area contributed by atoms with Crippen molar-refractivity contribution in [2.75, 3.05) is 25.5 Å². The fourth-order valence-corrected chi connectivity index (χ4v) is 2.67. The molecule has 2 rings (SSSR count). The van der Waals surface area contributed by atoms with Crippen LogP contribution >= 0.6 is 15.9 Å². The number of halogens is 1. The van der Waals surface area contributed by atoms with Crippen LogP contribution in [-0.2, 0) is 4.74 Å². The molecule has 0 aromatic heterocycles. The van der Waals surface area contributed by atoms with Crippen LogP contribution in [0.1, 0.15) is 23.2 Å².